The van der Waals surface area contributed by atoms with Crippen LogP contribution in [0, 0.1) is 11.8 Å². The standard InChI is InChI=1S/C14H26N2O3/c1-9(2)6-12(8-17)16-14(19)13(7-10(3)4)15-11(5)18/h8-10,12-13H,6-7H2,1-5H3,(H,15,18)(H,16,19)/t12-,13-/m0/s1. The number of hydrogen-bond acceptors (Lipinski definition) is 3. The molecule has 0 spiro atoms. The van der Waals surface area contributed by atoms with Crippen molar-refractivity contribution in [3.05, 3.63) is 0 Å². The maximum Gasteiger partial charge on any atom is 0.243 e. The van der Waals surface area contributed by atoms with Crippen LogP contribution in [0.15, 0.2) is 0 Å². The van der Waals surface area contributed by atoms with Crippen LogP contribution < -0.4 is 10.6 Å². The van der Waals surface area contributed by atoms with Crippen molar-refractivity contribution >= 4 is 18.1 Å². The van der Waals surface area contributed by atoms with Gasteiger partial charge in [0.25, 0.3) is 0 Å². The van der Waals surface area contributed by atoms with Crippen molar-refractivity contribution in [2.45, 2.75) is 59.5 Å². The van der Waals surface area contributed by atoms with E-state index in [0.717, 1.165) is 6.29 Å². The van der Waals surface area contributed by atoms with E-state index in [1.165, 1.54) is 6.92 Å². The predicted octanol–water partition coefficient (Wildman–Crippen LogP) is 1.27. The minimum absolute atomic E-state index is 0.243. The molecule has 5 nitrogen and oxygen atoms in total. The lowest BCUT2D eigenvalue weighted by molar-refractivity contribution is -0.129. The van der Waals surface area contributed by atoms with Gasteiger partial charge in [-0.05, 0) is 24.7 Å². The highest BCUT2D eigenvalue weighted by molar-refractivity contribution is 5.88. The number of carbonyl (C=O) groups is 3. The van der Waals surface area contributed by atoms with Crippen molar-refractivity contribution in [2.75, 3.05) is 0 Å². The number of rotatable bonds is 8. The smallest absolute Gasteiger partial charge is 0.243 e. The molecular formula is C14H26N2O3. The third-order valence-electron chi connectivity index (χ3n) is 2.62. The Morgan fingerprint density at radius 2 is 1.53 bits per heavy atom. The van der Waals surface area contributed by atoms with Gasteiger partial charge >= 0.3 is 0 Å². The molecule has 2 atom stereocenters. The first-order chi connectivity index (χ1) is 8.76. The number of aldehydes is 1. The first kappa shape index (κ1) is 17.6. The molecule has 0 rings (SSSR count). The molecule has 0 radical (unpaired) electrons. The summed E-state index contributed by atoms with van der Waals surface area (Å²) in [4.78, 5) is 34.1. The molecule has 0 saturated carbocycles. The number of carbonyl (C=O) groups excluding carboxylic acids is 3. The minimum atomic E-state index is -0.577. The first-order valence-corrected chi connectivity index (χ1v) is 6.79. The van der Waals surface area contributed by atoms with Crippen molar-refractivity contribution < 1.29 is 14.4 Å². The predicted molar refractivity (Wildman–Crippen MR) is 74.5 cm³/mol. The second kappa shape index (κ2) is 8.67. The van der Waals surface area contributed by atoms with Crippen LogP contribution in [0.5, 0.6) is 0 Å². The third kappa shape index (κ3) is 8.35. The molecule has 0 heterocycles. The van der Waals surface area contributed by atoms with E-state index in [9.17, 15) is 14.4 Å². The van der Waals surface area contributed by atoms with Crippen molar-refractivity contribution in [2.24, 2.45) is 11.8 Å². The van der Waals surface area contributed by atoms with Gasteiger partial charge in [0.1, 0.15) is 12.3 Å². The number of hydrogen-bond donors (Lipinski definition) is 2. The molecule has 0 bridgehead atoms. The summed E-state index contributed by atoms with van der Waals surface area (Å²) < 4.78 is 0. The van der Waals surface area contributed by atoms with Crippen LogP contribution in [0.25, 0.3) is 0 Å². The zero-order chi connectivity index (χ0) is 15.0. The topological polar surface area (TPSA) is 75.3 Å². The normalized spacial score (nSPS) is 14.1. The van der Waals surface area contributed by atoms with E-state index in [4.69, 9.17) is 0 Å². The molecule has 0 fully saturated rings. The van der Waals surface area contributed by atoms with Crippen LogP contribution in [0.2, 0.25) is 0 Å². The highest BCUT2D eigenvalue weighted by atomic mass is 16.2. The van der Waals surface area contributed by atoms with E-state index in [1.807, 2.05) is 27.7 Å². The van der Waals surface area contributed by atoms with E-state index in [0.29, 0.717) is 18.8 Å². The summed E-state index contributed by atoms with van der Waals surface area (Å²) in [5.74, 6) is 0.0659. The summed E-state index contributed by atoms with van der Waals surface area (Å²) >= 11 is 0. The second-order valence-electron chi connectivity index (χ2n) is 5.76. The molecule has 0 saturated heterocycles. The summed E-state index contributed by atoms with van der Waals surface area (Å²) in [6, 6.07) is -1.07. The highest BCUT2D eigenvalue weighted by Crippen LogP contribution is 2.07. The fraction of sp³-hybridized carbons (Fsp3) is 0.786. The Bertz CT molecular complexity index is 314. The SMILES string of the molecule is CC(=O)N[C@@H](CC(C)C)C(=O)N[C@H](C=O)CC(C)C. The summed E-state index contributed by atoms with van der Waals surface area (Å²) in [7, 11) is 0. The summed E-state index contributed by atoms with van der Waals surface area (Å²) in [6.45, 7) is 9.32. The van der Waals surface area contributed by atoms with Crippen LogP contribution in [-0.2, 0) is 14.4 Å². The maximum absolute atomic E-state index is 12.1. The van der Waals surface area contributed by atoms with Gasteiger partial charge in [0, 0.05) is 6.92 Å². The molecule has 2 N–H and O–H groups in total. The second-order valence-corrected chi connectivity index (χ2v) is 5.76. The van der Waals surface area contributed by atoms with Gasteiger partial charge in [-0.25, -0.2) is 0 Å². The van der Waals surface area contributed by atoms with Gasteiger partial charge in [0.05, 0.1) is 6.04 Å². The highest BCUT2D eigenvalue weighted by Gasteiger charge is 2.23. The largest absolute Gasteiger partial charge is 0.345 e. The van der Waals surface area contributed by atoms with Crippen LogP contribution in [0.1, 0.15) is 47.5 Å². The first-order valence-electron chi connectivity index (χ1n) is 6.79. The van der Waals surface area contributed by atoms with Gasteiger partial charge in [-0.3, -0.25) is 9.59 Å². The maximum atomic E-state index is 12.1. The zero-order valence-corrected chi connectivity index (χ0v) is 12.5. The molecule has 0 aliphatic heterocycles. The van der Waals surface area contributed by atoms with Crippen LogP contribution in [-0.4, -0.2) is 30.2 Å². The van der Waals surface area contributed by atoms with Crippen molar-refractivity contribution in [3.8, 4) is 0 Å². The molecule has 0 aromatic carbocycles. The fourth-order valence-corrected chi connectivity index (χ4v) is 1.89. The Balaban J connectivity index is 4.59. The Hall–Kier alpha value is -1.39. The zero-order valence-electron chi connectivity index (χ0n) is 12.5. The molecule has 5 heteroatoms. The number of nitrogens with one attached hydrogen (secondary N) is 2. The molecule has 0 aromatic heterocycles. The Morgan fingerprint density at radius 1 is 1.00 bits per heavy atom. The lowest BCUT2D eigenvalue weighted by Crippen LogP contribution is -2.50. The minimum Gasteiger partial charge on any atom is -0.345 e. The lowest BCUT2D eigenvalue weighted by atomic mass is 10.0. The average molecular weight is 270 g/mol. The van der Waals surface area contributed by atoms with Gasteiger partial charge in [0.2, 0.25) is 11.8 Å². The molecule has 19 heavy (non-hydrogen) atoms. The van der Waals surface area contributed by atoms with Crippen molar-refractivity contribution in [1.29, 1.82) is 0 Å². The number of amides is 2. The Morgan fingerprint density at radius 3 is 1.89 bits per heavy atom. The van der Waals surface area contributed by atoms with E-state index in [1.54, 1.807) is 0 Å². The molecule has 0 unspecified atom stereocenters. The Labute approximate surface area is 115 Å². The summed E-state index contributed by atoms with van der Waals surface area (Å²) in [5, 5.41) is 5.31. The molecule has 0 aliphatic carbocycles. The Kier molecular flexibility index (Phi) is 8.03. The monoisotopic (exact) mass is 270 g/mol. The summed E-state index contributed by atoms with van der Waals surface area (Å²) in [6.07, 6.45) is 1.90. The molecule has 0 aliphatic rings. The molecule has 110 valence electrons. The van der Waals surface area contributed by atoms with Crippen LogP contribution in [0.3, 0.4) is 0 Å². The average Bonchev–Trinajstić information content (AvgIpc) is 2.25. The van der Waals surface area contributed by atoms with Gasteiger partial charge < -0.3 is 15.4 Å². The van der Waals surface area contributed by atoms with E-state index >= 15 is 0 Å². The van der Waals surface area contributed by atoms with Gasteiger partial charge in [0.15, 0.2) is 0 Å². The van der Waals surface area contributed by atoms with Crippen LogP contribution in [0.4, 0.5) is 0 Å². The van der Waals surface area contributed by atoms with Crippen LogP contribution >= 0.6 is 0 Å². The molecule has 2 amide bonds. The van der Waals surface area contributed by atoms with Gasteiger partial charge in [-0.15, -0.1) is 0 Å². The van der Waals surface area contributed by atoms with Crippen molar-refractivity contribution in [3.63, 3.8) is 0 Å². The van der Waals surface area contributed by atoms with E-state index in [2.05, 4.69) is 10.6 Å². The van der Waals surface area contributed by atoms with Gasteiger partial charge in [-0.1, -0.05) is 27.7 Å². The lowest BCUT2D eigenvalue weighted by Gasteiger charge is -2.22. The van der Waals surface area contributed by atoms with Gasteiger partial charge in [-0.2, -0.15) is 0 Å². The van der Waals surface area contributed by atoms with E-state index in [-0.39, 0.29) is 17.7 Å². The van der Waals surface area contributed by atoms with Crippen molar-refractivity contribution in [1.82, 2.24) is 10.6 Å². The fourth-order valence-electron chi connectivity index (χ4n) is 1.89. The molecule has 0 aromatic rings. The van der Waals surface area contributed by atoms with E-state index < -0.39 is 12.1 Å². The third-order valence-corrected chi connectivity index (χ3v) is 2.62. The molecular weight excluding hydrogens is 244 g/mol. The quantitative estimate of drug-likeness (QED) is 0.652. The summed E-state index contributed by atoms with van der Waals surface area (Å²) in [5.41, 5.74) is 0.